The number of anilines is 1. The summed E-state index contributed by atoms with van der Waals surface area (Å²) in [5.74, 6) is -0.141. The normalized spacial score (nSPS) is 14.9. The van der Waals surface area contributed by atoms with Crippen LogP contribution < -0.4 is 11.1 Å². The van der Waals surface area contributed by atoms with Crippen LogP contribution in [0.3, 0.4) is 0 Å². The van der Waals surface area contributed by atoms with Crippen molar-refractivity contribution >= 4 is 43.4 Å². The van der Waals surface area contributed by atoms with Gasteiger partial charge in [0.15, 0.2) is 9.84 Å². The Kier molecular flexibility index (Phi) is 8.06. The van der Waals surface area contributed by atoms with Crippen LogP contribution in [0.4, 0.5) is 10.1 Å². The first-order chi connectivity index (χ1) is 22.6. The molecular weight excluding hydrogens is 617 g/mol. The van der Waals surface area contributed by atoms with Crippen molar-refractivity contribution in [2.24, 2.45) is 11.7 Å². The summed E-state index contributed by atoms with van der Waals surface area (Å²) >= 11 is 0. The summed E-state index contributed by atoms with van der Waals surface area (Å²) in [7, 11) is -3.63. The fourth-order valence-electron chi connectivity index (χ4n) is 6.48. The van der Waals surface area contributed by atoms with Crippen molar-refractivity contribution in [2.45, 2.75) is 43.9 Å². The molecule has 1 amide bonds. The molecule has 1 atom stereocenters. The summed E-state index contributed by atoms with van der Waals surface area (Å²) in [5, 5.41) is 10.1. The number of aromatic amines is 2. The number of nitrogens with one attached hydrogen (secondary N) is 3. The second-order valence-electron chi connectivity index (χ2n) is 12.4. The Hall–Kier alpha value is -4.94. The first kappa shape index (κ1) is 30.7. The quantitative estimate of drug-likeness (QED) is 0.139. The number of hydrogen-bond acceptors (Lipinski definition) is 7. The maximum atomic E-state index is 14.7. The van der Waals surface area contributed by atoms with E-state index in [-0.39, 0.29) is 11.5 Å². The van der Waals surface area contributed by atoms with E-state index in [1.165, 1.54) is 25.3 Å². The average molecular weight is 652 g/mol. The number of sulfone groups is 1. The zero-order chi connectivity index (χ0) is 32.7. The molecule has 4 heterocycles. The number of rotatable bonds is 8. The van der Waals surface area contributed by atoms with Gasteiger partial charge in [0.25, 0.3) is 0 Å². The van der Waals surface area contributed by atoms with E-state index < -0.39 is 21.0 Å². The Labute approximate surface area is 270 Å². The Morgan fingerprint density at radius 3 is 2.66 bits per heavy atom. The van der Waals surface area contributed by atoms with Gasteiger partial charge in [-0.15, -0.1) is 0 Å². The highest BCUT2D eigenvalue weighted by atomic mass is 32.2. The van der Waals surface area contributed by atoms with Gasteiger partial charge in [0.05, 0.1) is 28.8 Å². The molecule has 1 unspecified atom stereocenters. The maximum absolute atomic E-state index is 14.7. The van der Waals surface area contributed by atoms with Crippen LogP contribution in [-0.4, -0.2) is 45.7 Å². The number of benzene rings is 2. The Bertz CT molecular complexity index is 2240. The van der Waals surface area contributed by atoms with Crippen LogP contribution in [0, 0.1) is 11.7 Å². The number of aromatic nitrogens is 5. The van der Waals surface area contributed by atoms with Crippen LogP contribution in [0.15, 0.2) is 73.1 Å². The van der Waals surface area contributed by atoms with Crippen LogP contribution in [0.1, 0.15) is 49.5 Å². The third-order valence-corrected chi connectivity index (χ3v) is 10.1. The highest BCUT2D eigenvalue weighted by molar-refractivity contribution is 7.90. The van der Waals surface area contributed by atoms with E-state index in [0.717, 1.165) is 47.1 Å². The Balaban J connectivity index is 1.20. The summed E-state index contributed by atoms with van der Waals surface area (Å²) in [6.45, 7) is 0. The average Bonchev–Trinajstić information content (AvgIpc) is 3.68. The number of halogens is 1. The molecule has 10 nitrogen and oxygen atoms in total. The molecule has 1 saturated carbocycles. The second kappa shape index (κ2) is 12.3. The van der Waals surface area contributed by atoms with Gasteiger partial charge in [0.2, 0.25) is 5.91 Å². The number of carbonyl (C=O) groups excluding carboxylic acids is 1. The molecule has 0 bridgehead atoms. The van der Waals surface area contributed by atoms with E-state index in [2.05, 4.69) is 25.5 Å². The topological polar surface area (TPSA) is 160 Å². The summed E-state index contributed by atoms with van der Waals surface area (Å²) in [5.41, 5.74) is 12.8. The lowest BCUT2D eigenvalue weighted by Gasteiger charge is -2.20. The van der Waals surface area contributed by atoms with Gasteiger partial charge < -0.3 is 16.0 Å². The highest BCUT2D eigenvalue weighted by Crippen LogP contribution is 2.36. The first-order valence-electron chi connectivity index (χ1n) is 15.6. The lowest BCUT2D eigenvalue weighted by Crippen LogP contribution is -2.20. The van der Waals surface area contributed by atoms with Gasteiger partial charge in [-0.3, -0.25) is 14.9 Å². The molecule has 1 aliphatic rings. The van der Waals surface area contributed by atoms with Gasteiger partial charge in [-0.2, -0.15) is 5.10 Å². The molecular formula is C35H34FN7O3S. The molecule has 240 valence electrons. The lowest BCUT2D eigenvalue weighted by atomic mass is 9.87. The van der Waals surface area contributed by atoms with Crippen LogP contribution in [0.5, 0.6) is 0 Å². The number of pyridine rings is 2. The van der Waals surface area contributed by atoms with Crippen molar-refractivity contribution < 1.29 is 17.6 Å². The van der Waals surface area contributed by atoms with Gasteiger partial charge >= 0.3 is 0 Å². The molecule has 0 spiro atoms. The zero-order valence-electron chi connectivity index (χ0n) is 25.8. The van der Waals surface area contributed by atoms with Crippen molar-refractivity contribution in [1.29, 1.82) is 0 Å². The monoisotopic (exact) mass is 651 g/mol. The summed E-state index contributed by atoms with van der Waals surface area (Å²) < 4.78 is 38.9. The molecule has 1 fully saturated rings. The molecule has 4 aromatic heterocycles. The third kappa shape index (κ3) is 6.38. The zero-order valence-corrected chi connectivity index (χ0v) is 26.6. The fourth-order valence-corrected chi connectivity index (χ4v) is 7.11. The number of H-pyrrole nitrogens is 2. The highest BCUT2D eigenvalue weighted by Gasteiger charge is 2.21. The minimum absolute atomic E-state index is 0.00210. The Morgan fingerprint density at radius 2 is 1.85 bits per heavy atom. The van der Waals surface area contributed by atoms with E-state index in [1.807, 2.05) is 42.5 Å². The van der Waals surface area contributed by atoms with Crippen LogP contribution in [0.25, 0.3) is 55.7 Å². The second-order valence-corrected chi connectivity index (χ2v) is 14.5. The molecule has 6 aromatic rings. The van der Waals surface area contributed by atoms with Gasteiger partial charge in [0, 0.05) is 35.3 Å². The molecule has 1 aliphatic carbocycles. The number of nitrogens with zero attached hydrogens (tertiary/aromatic N) is 3. The molecule has 0 saturated heterocycles. The third-order valence-electron chi connectivity index (χ3n) is 8.86. The molecule has 7 rings (SSSR count). The minimum Gasteiger partial charge on any atom is -0.353 e. The Morgan fingerprint density at radius 1 is 1.02 bits per heavy atom. The van der Waals surface area contributed by atoms with Crippen LogP contribution >= 0.6 is 0 Å². The fraction of sp³-hybridized carbons (Fsp3) is 0.257. The number of fused-ring (bicyclic) bond motifs is 2. The summed E-state index contributed by atoms with van der Waals surface area (Å²) in [6.07, 6.45) is 10.7. The summed E-state index contributed by atoms with van der Waals surface area (Å²) in [4.78, 5) is 25.4. The number of nitrogens with two attached hydrogens (primary N) is 1. The van der Waals surface area contributed by atoms with Crippen molar-refractivity contribution in [3.63, 3.8) is 0 Å². The number of carbonyl (C=O) groups is 1. The first-order valence-corrected chi connectivity index (χ1v) is 17.6. The lowest BCUT2D eigenvalue weighted by molar-refractivity contribution is -0.117. The smallest absolute Gasteiger partial charge is 0.224 e. The van der Waals surface area contributed by atoms with E-state index in [9.17, 15) is 17.6 Å². The SMILES string of the molecule is CS(=O)(=O)C(N)c1cc(F)cc(-c2cccc3[nH]c(-c4n[nH]c5ccc(-c6cncc(NC(=O)CC7CCCCC7)c6)nc45)cc23)c1. The molecule has 2 aromatic carbocycles. The van der Waals surface area contributed by atoms with Crippen molar-refractivity contribution in [3.8, 4) is 33.8 Å². The van der Waals surface area contributed by atoms with Crippen molar-refractivity contribution in [3.05, 3.63) is 84.4 Å². The van der Waals surface area contributed by atoms with Gasteiger partial charge in [0.1, 0.15) is 22.4 Å². The van der Waals surface area contributed by atoms with Crippen molar-refractivity contribution in [1.82, 2.24) is 25.1 Å². The largest absolute Gasteiger partial charge is 0.353 e. The van der Waals surface area contributed by atoms with Gasteiger partial charge in [-0.25, -0.2) is 17.8 Å². The van der Waals surface area contributed by atoms with Crippen LogP contribution in [0.2, 0.25) is 0 Å². The molecule has 0 aliphatic heterocycles. The maximum Gasteiger partial charge on any atom is 0.224 e. The van der Waals surface area contributed by atoms with Gasteiger partial charge in [-0.1, -0.05) is 31.4 Å². The van der Waals surface area contributed by atoms with E-state index >= 15 is 0 Å². The summed E-state index contributed by atoms with van der Waals surface area (Å²) in [6, 6.07) is 17.3. The van der Waals surface area contributed by atoms with Crippen LogP contribution in [-0.2, 0) is 14.6 Å². The van der Waals surface area contributed by atoms with E-state index in [4.69, 9.17) is 10.7 Å². The standard InChI is InChI=1S/C35H34FN7O3S/c1-47(45,46)35(37)22-13-21(14-24(36)15-22)26-8-5-9-29-27(26)17-31(40-29)34-33-30(42-43-34)11-10-28(41-33)23-16-25(19-38-18-23)39-32(44)12-20-6-3-2-4-7-20/h5,8-11,13-20,35,40H,2-4,6-7,12,37H2,1H3,(H,39,44)(H,42,43). The number of hydrogen-bond donors (Lipinski definition) is 4. The number of amides is 1. The molecule has 12 heteroatoms. The molecule has 0 radical (unpaired) electrons. The molecule has 47 heavy (non-hydrogen) atoms. The van der Waals surface area contributed by atoms with Gasteiger partial charge in [-0.05, 0) is 84.0 Å². The van der Waals surface area contributed by atoms with E-state index in [0.29, 0.717) is 51.8 Å². The van der Waals surface area contributed by atoms with Crippen molar-refractivity contribution in [2.75, 3.05) is 11.6 Å². The van der Waals surface area contributed by atoms with E-state index in [1.54, 1.807) is 18.5 Å². The minimum atomic E-state index is -3.63. The predicted octanol–water partition coefficient (Wildman–Crippen LogP) is 6.89. The predicted molar refractivity (Wildman–Crippen MR) is 181 cm³/mol. The molecule has 5 N–H and O–H groups in total.